The summed E-state index contributed by atoms with van der Waals surface area (Å²) in [4.78, 5) is 12.4. The summed E-state index contributed by atoms with van der Waals surface area (Å²) < 4.78 is 30.6. The third-order valence-corrected chi connectivity index (χ3v) is 4.62. The first-order chi connectivity index (χ1) is 11.8. The maximum absolute atomic E-state index is 12.4. The van der Waals surface area contributed by atoms with Crippen LogP contribution in [0.15, 0.2) is 48.5 Å². The Morgan fingerprint density at radius 2 is 1.92 bits per heavy atom. The van der Waals surface area contributed by atoms with E-state index in [0.717, 1.165) is 10.6 Å². The van der Waals surface area contributed by atoms with Gasteiger partial charge < -0.3 is 10.1 Å². The Labute approximate surface area is 152 Å². The number of nitrogens with zero attached hydrogens (tertiary/aromatic N) is 1. The van der Waals surface area contributed by atoms with E-state index in [9.17, 15) is 13.2 Å². The number of para-hydroxylation sites is 2. The zero-order valence-corrected chi connectivity index (χ0v) is 15.5. The van der Waals surface area contributed by atoms with Crippen molar-refractivity contribution in [3.05, 3.63) is 53.6 Å². The van der Waals surface area contributed by atoms with Gasteiger partial charge in [0, 0.05) is 5.02 Å². The molecule has 25 heavy (non-hydrogen) atoms. The number of benzene rings is 2. The second-order valence-corrected chi connectivity index (χ2v) is 7.57. The molecule has 0 aliphatic carbocycles. The van der Waals surface area contributed by atoms with Crippen molar-refractivity contribution in [3.8, 4) is 5.75 Å². The first kappa shape index (κ1) is 19.1. The maximum Gasteiger partial charge on any atom is 0.245 e. The normalized spacial score (nSPS) is 11.0. The average Bonchev–Trinajstić information content (AvgIpc) is 2.53. The van der Waals surface area contributed by atoms with Crippen LogP contribution < -0.4 is 14.4 Å². The van der Waals surface area contributed by atoms with Gasteiger partial charge >= 0.3 is 0 Å². The van der Waals surface area contributed by atoms with Crippen LogP contribution in [0.4, 0.5) is 11.4 Å². The number of amides is 1. The molecule has 8 heteroatoms. The number of hydrogen-bond donors (Lipinski definition) is 1. The number of carbonyl (C=O) groups excluding carboxylic acids is 1. The number of hydrogen-bond acceptors (Lipinski definition) is 4. The lowest BCUT2D eigenvalue weighted by molar-refractivity contribution is -0.114. The van der Waals surface area contributed by atoms with Crippen molar-refractivity contribution in [1.82, 2.24) is 0 Å². The Kier molecular flexibility index (Phi) is 6.27. The Hall–Kier alpha value is -2.25. The highest BCUT2D eigenvalue weighted by molar-refractivity contribution is 7.92. The molecule has 1 N–H and O–H groups in total. The minimum absolute atomic E-state index is 0.322. The second-order valence-electron chi connectivity index (χ2n) is 5.23. The fourth-order valence-corrected chi connectivity index (χ4v) is 3.24. The first-order valence-electron chi connectivity index (χ1n) is 7.56. The van der Waals surface area contributed by atoms with Gasteiger partial charge in [-0.05, 0) is 37.3 Å². The molecule has 0 atom stereocenters. The predicted octanol–water partition coefficient (Wildman–Crippen LogP) is 3.14. The number of ether oxygens (including phenoxy) is 1. The highest BCUT2D eigenvalue weighted by Gasteiger charge is 2.21. The van der Waals surface area contributed by atoms with Crippen LogP contribution >= 0.6 is 11.6 Å². The van der Waals surface area contributed by atoms with Gasteiger partial charge in [-0.3, -0.25) is 9.10 Å². The molecule has 0 aliphatic rings. The van der Waals surface area contributed by atoms with Crippen molar-refractivity contribution >= 4 is 38.9 Å². The van der Waals surface area contributed by atoms with Gasteiger partial charge in [-0.15, -0.1) is 0 Å². The fraction of sp³-hybridized carbons (Fsp3) is 0.235. The zero-order chi connectivity index (χ0) is 18.4. The van der Waals surface area contributed by atoms with Gasteiger partial charge in [0.25, 0.3) is 0 Å². The molecule has 0 aromatic heterocycles. The smallest absolute Gasteiger partial charge is 0.245 e. The molecule has 6 nitrogen and oxygen atoms in total. The number of rotatable bonds is 7. The van der Waals surface area contributed by atoms with Gasteiger partial charge in [0.15, 0.2) is 0 Å². The molecule has 2 aromatic rings. The molecule has 2 aromatic carbocycles. The van der Waals surface area contributed by atoms with Crippen molar-refractivity contribution < 1.29 is 17.9 Å². The lowest BCUT2D eigenvalue weighted by Gasteiger charge is -2.22. The number of halogens is 1. The molecular weight excluding hydrogens is 364 g/mol. The van der Waals surface area contributed by atoms with Crippen molar-refractivity contribution in [1.29, 1.82) is 0 Å². The Balaban J connectivity index is 2.21. The zero-order valence-electron chi connectivity index (χ0n) is 13.9. The van der Waals surface area contributed by atoms with E-state index in [4.69, 9.17) is 16.3 Å². The number of nitrogens with one attached hydrogen (secondary N) is 1. The van der Waals surface area contributed by atoms with E-state index in [0.29, 0.717) is 28.8 Å². The van der Waals surface area contributed by atoms with E-state index >= 15 is 0 Å². The van der Waals surface area contributed by atoms with Gasteiger partial charge in [0.2, 0.25) is 15.9 Å². The van der Waals surface area contributed by atoms with E-state index in [1.807, 2.05) is 6.92 Å². The number of anilines is 2. The molecule has 0 saturated heterocycles. The fourth-order valence-electron chi connectivity index (χ4n) is 2.20. The molecule has 0 heterocycles. The minimum Gasteiger partial charge on any atom is -0.492 e. The van der Waals surface area contributed by atoms with Crippen LogP contribution in [0.3, 0.4) is 0 Å². The molecule has 2 rings (SSSR count). The lowest BCUT2D eigenvalue weighted by atomic mass is 10.3. The van der Waals surface area contributed by atoms with E-state index in [1.54, 1.807) is 42.5 Å². The molecule has 0 aliphatic heterocycles. The Morgan fingerprint density at radius 1 is 1.20 bits per heavy atom. The number of sulfonamides is 1. The largest absolute Gasteiger partial charge is 0.492 e. The van der Waals surface area contributed by atoms with Crippen molar-refractivity contribution in [2.45, 2.75) is 6.92 Å². The van der Waals surface area contributed by atoms with Gasteiger partial charge in [0.05, 0.1) is 24.2 Å². The molecule has 0 fully saturated rings. The summed E-state index contributed by atoms with van der Waals surface area (Å²) in [6.45, 7) is 1.91. The van der Waals surface area contributed by atoms with Crippen LogP contribution in [-0.4, -0.2) is 33.7 Å². The summed E-state index contributed by atoms with van der Waals surface area (Å²) in [6, 6.07) is 13.3. The lowest BCUT2D eigenvalue weighted by Crippen LogP contribution is -2.37. The van der Waals surface area contributed by atoms with Gasteiger partial charge in [-0.25, -0.2) is 8.42 Å². The predicted molar refractivity (Wildman–Crippen MR) is 99.9 cm³/mol. The van der Waals surface area contributed by atoms with E-state index in [2.05, 4.69) is 5.32 Å². The van der Waals surface area contributed by atoms with Gasteiger partial charge in [0.1, 0.15) is 12.3 Å². The van der Waals surface area contributed by atoms with Crippen LogP contribution in [0, 0.1) is 0 Å². The third kappa shape index (κ3) is 5.37. The highest BCUT2D eigenvalue weighted by Crippen LogP contribution is 2.25. The number of carbonyl (C=O) groups is 1. The third-order valence-electron chi connectivity index (χ3n) is 3.24. The highest BCUT2D eigenvalue weighted by atomic mass is 35.5. The average molecular weight is 383 g/mol. The molecule has 0 bridgehead atoms. The SMILES string of the molecule is CCOc1ccccc1NC(=O)CN(c1cccc(Cl)c1)S(C)(=O)=O. The van der Waals surface area contributed by atoms with E-state index in [1.165, 1.54) is 6.07 Å². The van der Waals surface area contributed by atoms with Crippen LogP contribution in [-0.2, 0) is 14.8 Å². The molecule has 0 spiro atoms. The minimum atomic E-state index is -3.66. The molecule has 0 saturated carbocycles. The Bertz CT molecular complexity index is 855. The van der Waals surface area contributed by atoms with Crippen LogP contribution in [0.25, 0.3) is 0 Å². The second kappa shape index (κ2) is 8.22. The van der Waals surface area contributed by atoms with E-state index < -0.39 is 15.9 Å². The summed E-state index contributed by atoms with van der Waals surface area (Å²) in [6.07, 6.45) is 1.04. The van der Waals surface area contributed by atoms with Crippen LogP contribution in [0.2, 0.25) is 5.02 Å². The van der Waals surface area contributed by atoms with Gasteiger partial charge in [-0.2, -0.15) is 0 Å². The summed E-state index contributed by atoms with van der Waals surface area (Å²) >= 11 is 5.92. The monoisotopic (exact) mass is 382 g/mol. The summed E-state index contributed by atoms with van der Waals surface area (Å²) in [7, 11) is -3.66. The summed E-state index contributed by atoms with van der Waals surface area (Å²) in [5.74, 6) is 0.0320. The molecule has 0 radical (unpaired) electrons. The quantitative estimate of drug-likeness (QED) is 0.798. The van der Waals surface area contributed by atoms with Crippen molar-refractivity contribution in [3.63, 3.8) is 0 Å². The van der Waals surface area contributed by atoms with E-state index in [-0.39, 0.29) is 6.54 Å². The van der Waals surface area contributed by atoms with Crippen LogP contribution in [0.1, 0.15) is 6.92 Å². The Morgan fingerprint density at radius 3 is 2.56 bits per heavy atom. The van der Waals surface area contributed by atoms with Crippen molar-refractivity contribution in [2.24, 2.45) is 0 Å². The summed E-state index contributed by atoms with van der Waals surface area (Å²) in [5.41, 5.74) is 0.803. The molecule has 1 amide bonds. The van der Waals surface area contributed by atoms with Gasteiger partial charge in [-0.1, -0.05) is 29.8 Å². The first-order valence-corrected chi connectivity index (χ1v) is 9.79. The topological polar surface area (TPSA) is 75.7 Å². The molecular formula is C17H19ClN2O4S. The molecule has 134 valence electrons. The standard InChI is InChI=1S/C17H19ClN2O4S/c1-3-24-16-10-5-4-9-15(16)19-17(21)12-20(25(2,22)23)14-8-6-7-13(18)11-14/h4-11H,3,12H2,1-2H3,(H,19,21). The maximum atomic E-state index is 12.4. The van der Waals surface area contributed by atoms with Crippen molar-refractivity contribution in [2.75, 3.05) is 29.0 Å². The molecule has 0 unspecified atom stereocenters. The summed E-state index contributed by atoms with van der Waals surface area (Å²) in [5, 5.41) is 3.06. The van der Waals surface area contributed by atoms with Crippen LogP contribution in [0.5, 0.6) is 5.75 Å².